The lowest BCUT2D eigenvalue weighted by Crippen LogP contribution is -2.16. The van der Waals surface area contributed by atoms with Crippen LogP contribution in [0.15, 0.2) is 58.6 Å². The second-order valence-electron chi connectivity index (χ2n) is 3.53. The summed E-state index contributed by atoms with van der Waals surface area (Å²) in [5.41, 5.74) is -0.695. The first-order valence-electron chi connectivity index (χ1n) is 5.05. The second-order valence-corrected chi connectivity index (χ2v) is 5.10. The third kappa shape index (κ3) is 2.83. The monoisotopic (exact) mass is 271 g/mol. The number of nitrogens with zero attached hydrogens (tertiary/aromatic N) is 1. The number of nitrogens with two attached hydrogens (primary N) is 1. The highest BCUT2D eigenvalue weighted by atomic mass is 32.2. The molecular formula is C12H10F3N2S+. The molecule has 1 unspecified atom stereocenters. The lowest BCUT2D eigenvalue weighted by atomic mass is 10.2. The highest BCUT2D eigenvalue weighted by molar-refractivity contribution is 7.94. The molecule has 2 rings (SSSR count). The van der Waals surface area contributed by atoms with E-state index in [4.69, 9.17) is 5.14 Å². The minimum Gasteiger partial charge on any atom is -0.209 e. The Kier molecular flexibility index (Phi) is 3.58. The van der Waals surface area contributed by atoms with Gasteiger partial charge in [-0.3, -0.25) is 0 Å². The Hall–Kier alpha value is -1.53. The Balaban J connectivity index is 2.35. The minimum absolute atomic E-state index is 0.420. The van der Waals surface area contributed by atoms with Crippen molar-refractivity contribution in [2.24, 2.45) is 5.14 Å². The fourth-order valence-electron chi connectivity index (χ4n) is 1.41. The molecule has 94 valence electrons. The van der Waals surface area contributed by atoms with Gasteiger partial charge < -0.3 is 0 Å². The average Bonchev–Trinajstić information content (AvgIpc) is 2.38. The lowest BCUT2D eigenvalue weighted by molar-refractivity contribution is -0.137. The smallest absolute Gasteiger partial charge is 0.209 e. The van der Waals surface area contributed by atoms with E-state index < -0.39 is 22.8 Å². The van der Waals surface area contributed by atoms with E-state index in [9.17, 15) is 13.2 Å². The fraction of sp³-hybridized carbons (Fsp3) is 0.0833. The van der Waals surface area contributed by atoms with Crippen LogP contribution in [-0.2, 0) is 17.3 Å². The molecule has 2 nitrogen and oxygen atoms in total. The van der Waals surface area contributed by atoms with Crippen molar-refractivity contribution in [1.29, 1.82) is 0 Å². The highest BCUT2D eigenvalue weighted by Crippen LogP contribution is 2.31. The number of rotatable bonds is 2. The number of hydrogen-bond acceptors (Lipinski definition) is 2. The van der Waals surface area contributed by atoms with Crippen molar-refractivity contribution in [2.75, 3.05) is 0 Å². The number of benzene rings is 1. The maximum atomic E-state index is 12.6. The Morgan fingerprint density at radius 2 is 1.83 bits per heavy atom. The Bertz CT molecular complexity index is 528. The van der Waals surface area contributed by atoms with Crippen LogP contribution in [0.2, 0.25) is 0 Å². The number of aromatic nitrogens is 1. The molecule has 18 heavy (non-hydrogen) atoms. The van der Waals surface area contributed by atoms with Crippen molar-refractivity contribution >= 4 is 11.1 Å². The van der Waals surface area contributed by atoms with Crippen LogP contribution in [-0.4, -0.2) is 4.98 Å². The molecule has 1 aromatic carbocycles. The van der Waals surface area contributed by atoms with Crippen molar-refractivity contribution in [3.8, 4) is 0 Å². The molecule has 0 saturated carbocycles. The third-order valence-corrected chi connectivity index (χ3v) is 3.73. The standard InChI is InChI=1S/C12H10F3N2S/c13-12(14,15)9-4-3-5-10(8-9)18(16)11-6-1-2-7-17-11/h1-8H,16H2/q+1. The van der Waals surface area contributed by atoms with Gasteiger partial charge in [0.05, 0.1) is 5.56 Å². The summed E-state index contributed by atoms with van der Waals surface area (Å²) in [4.78, 5) is 4.47. The molecule has 0 spiro atoms. The van der Waals surface area contributed by atoms with E-state index in [1.807, 2.05) is 0 Å². The maximum Gasteiger partial charge on any atom is 0.416 e. The molecule has 0 radical (unpaired) electrons. The van der Waals surface area contributed by atoms with Crippen molar-refractivity contribution in [3.05, 3.63) is 54.2 Å². The van der Waals surface area contributed by atoms with E-state index in [0.29, 0.717) is 9.92 Å². The number of hydrogen-bond donors (Lipinski definition) is 1. The van der Waals surface area contributed by atoms with E-state index in [-0.39, 0.29) is 0 Å². The predicted octanol–water partition coefficient (Wildman–Crippen LogP) is 3.01. The van der Waals surface area contributed by atoms with E-state index in [0.717, 1.165) is 12.1 Å². The zero-order chi connectivity index (χ0) is 13.2. The van der Waals surface area contributed by atoms with Gasteiger partial charge in [-0.2, -0.15) is 13.2 Å². The van der Waals surface area contributed by atoms with Crippen LogP contribution >= 0.6 is 0 Å². The van der Waals surface area contributed by atoms with Gasteiger partial charge in [0.2, 0.25) is 0 Å². The molecule has 6 heteroatoms. The SMILES string of the molecule is N[S+](c1cccc(C(F)(F)F)c1)c1ccccn1. The number of pyridine rings is 1. The maximum absolute atomic E-state index is 12.6. The quantitative estimate of drug-likeness (QED) is 0.853. The lowest BCUT2D eigenvalue weighted by Gasteiger charge is -2.07. The summed E-state index contributed by atoms with van der Waals surface area (Å²) in [6, 6.07) is 10.2. The van der Waals surface area contributed by atoms with Gasteiger partial charge in [0.15, 0.2) is 16.0 Å². The summed E-state index contributed by atoms with van der Waals surface area (Å²) >= 11 is -0.953. The average molecular weight is 271 g/mol. The minimum atomic E-state index is -4.36. The Morgan fingerprint density at radius 1 is 1.06 bits per heavy atom. The van der Waals surface area contributed by atoms with E-state index in [2.05, 4.69) is 4.98 Å². The molecule has 2 aromatic rings. The normalized spacial score (nSPS) is 13.3. The van der Waals surface area contributed by atoms with Crippen LogP contribution in [0.5, 0.6) is 0 Å². The molecule has 1 heterocycles. The molecule has 1 atom stereocenters. The number of halogens is 3. The van der Waals surface area contributed by atoms with E-state index in [1.165, 1.54) is 6.07 Å². The van der Waals surface area contributed by atoms with Gasteiger partial charge in [-0.05, 0) is 18.2 Å². The number of alkyl halides is 3. The van der Waals surface area contributed by atoms with Crippen molar-refractivity contribution < 1.29 is 13.2 Å². The molecule has 0 amide bonds. The first kappa shape index (κ1) is 12.9. The fourth-order valence-corrected chi connectivity index (χ4v) is 2.53. The van der Waals surface area contributed by atoms with Crippen LogP contribution in [0.25, 0.3) is 0 Å². The largest absolute Gasteiger partial charge is 0.416 e. The van der Waals surface area contributed by atoms with Crippen LogP contribution in [0, 0.1) is 0 Å². The molecule has 0 fully saturated rings. The van der Waals surface area contributed by atoms with Gasteiger partial charge in [-0.25, -0.2) is 4.98 Å². The zero-order valence-electron chi connectivity index (χ0n) is 9.19. The molecule has 0 bridgehead atoms. The second kappa shape index (κ2) is 4.99. The van der Waals surface area contributed by atoms with Gasteiger partial charge in [-0.15, -0.1) is 5.14 Å². The van der Waals surface area contributed by atoms with E-state index in [1.54, 1.807) is 30.5 Å². The molecule has 1 aromatic heterocycles. The van der Waals surface area contributed by atoms with Crippen LogP contribution in [0.3, 0.4) is 0 Å². The summed E-state index contributed by atoms with van der Waals surface area (Å²) in [6.07, 6.45) is -2.79. The molecule has 0 aliphatic carbocycles. The Morgan fingerprint density at radius 3 is 2.44 bits per heavy atom. The zero-order valence-corrected chi connectivity index (χ0v) is 10.0. The van der Waals surface area contributed by atoms with Crippen LogP contribution in [0.1, 0.15) is 5.56 Å². The van der Waals surface area contributed by atoms with Crippen molar-refractivity contribution in [3.63, 3.8) is 0 Å². The third-order valence-electron chi connectivity index (χ3n) is 2.28. The topological polar surface area (TPSA) is 38.9 Å². The molecular weight excluding hydrogens is 261 g/mol. The van der Waals surface area contributed by atoms with Gasteiger partial charge in [0.25, 0.3) is 5.03 Å². The molecule has 0 aliphatic rings. The molecule has 2 N–H and O–H groups in total. The summed E-state index contributed by atoms with van der Waals surface area (Å²) in [5.74, 6) is 0. The van der Waals surface area contributed by atoms with Crippen LogP contribution < -0.4 is 5.14 Å². The van der Waals surface area contributed by atoms with Gasteiger partial charge in [0.1, 0.15) is 0 Å². The van der Waals surface area contributed by atoms with E-state index >= 15 is 0 Å². The Labute approximate surface area is 105 Å². The summed E-state index contributed by atoms with van der Waals surface area (Å²) in [7, 11) is 0. The predicted molar refractivity (Wildman–Crippen MR) is 63.8 cm³/mol. The van der Waals surface area contributed by atoms with Gasteiger partial charge in [0, 0.05) is 18.3 Å². The summed E-state index contributed by atoms with van der Waals surface area (Å²) < 4.78 is 37.7. The molecule has 0 saturated heterocycles. The van der Waals surface area contributed by atoms with Crippen molar-refractivity contribution in [1.82, 2.24) is 4.98 Å². The van der Waals surface area contributed by atoms with Gasteiger partial charge >= 0.3 is 6.18 Å². The van der Waals surface area contributed by atoms with Crippen molar-refractivity contribution in [2.45, 2.75) is 16.1 Å². The first-order chi connectivity index (χ1) is 8.48. The van der Waals surface area contributed by atoms with Gasteiger partial charge in [-0.1, -0.05) is 12.1 Å². The molecule has 0 aliphatic heterocycles. The summed E-state index contributed by atoms with van der Waals surface area (Å²) in [5, 5.41) is 6.49. The van der Waals surface area contributed by atoms with Crippen LogP contribution in [0.4, 0.5) is 13.2 Å². The highest BCUT2D eigenvalue weighted by Gasteiger charge is 2.33. The first-order valence-corrected chi connectivity index (χ1v) is 6.34. The summed E-state index contributed by atoms with van der Waals surface area (Å²) in [6.45, 7) is 0.